The van der Waals surface area contributed by atoms with E-state index in [0.29, 0.717) is 5.56 Å². The third-order valence-electron chi connectivity index (χ3n) is 3.98. The molecule has 0 aliphatic carbocycles. The van der Waals surface area contributed by atoms with Crippen LogP contribution in [0, 0.1) is 0 Å². The van der Waals surface area contributed by atoms with E-state index in [0.717, 1.165) is 5.56 Å². The number of amides is 2. The quantitative estimate of drug-likeness (QED) is 0.624. The first kappa shape index (κ1) is 20.1. The van der Waals surface area contributed by atoms with Crippen molar-refractivity contribution in [2.24, 2.45) is 0 Å². The van der Waals surface area contributed by atoms with E-state index in [1.165, 1.54) is 7.11 Å². The number of methoxy groups -OCH3 is 1. The third kappa shape index (κ3) is 6.23. The lowest BCUT2D eigenvalue weighted by Gasteiger charge is -2.20. The summed E-state index contributed by atoms with van der Waals surface area (Å²) in [7, 11) is 1.26. The van der Waals surface area contributed by atoms with E-state index in [9.17, 15) is 14.4 Å². The van der Waals surface area contributed by atoms with Crippen LogP contribution in [-0.2, 0) is 14.3 Å². The number of carbonyl (C=O) groups excluding carboxylic acids is 2. The summed E-state index contributed by atoms with van der Waals surface area (Å²) in [6, 6.07) is 17.3. The van der Waals surface area contributed by atoms with Crippen molar-refractivity contribution in [2.45, 2.75) is 18.6 Å². The molecule has 27 heavy (non-hydrogen) atoms. The van der Waals surface area contributed by atoms with Gasteiger partial charge in [0.25, 0.3) is 5.91 Å². The number of nitrogens with one attached hydrogen (secondary N) is 2. The Morgan fingerprint density at radius 2 is 1.59 bits per heavy atom. The predicted molar refractivity (Wildman–Crippen MR) is 99.2 cm³/mol. The van der Waals surface area contributed by atoms with Crippen LogP contribution in [0.25, 0.3) is 0 Å². The molecule has 7 nitrogen and oxygen atoms in total. The van der Waals surface area contributed by atoms with Crippen LogP contribution in [0.2, 0.25) is 0 Å². The second-order valence-electron chi connectivity index (χ2n) is 5.87. The largest absolute Gasteiger partial charge is 0.479 e. The number of benzene rings is 2. The maximum Gasteiger partial charge on any atom is 0.334 e. The van der Waals surface area contributed by atoms with E-state index in [2.05, 4.69) is 10.6 Å². The van der Waals surface area contributed by atoms with Gasteiger partial charge in [0, 0.05) is 12.7 Å². The van der Waals surface area contributed by atoms with Gasteiger partial charge in [-0.25, -0.2) is 4.79 Å². The average Bonchev–Trinajstić information content (AvgIpc) is 2.69. The standard InChI is InChI=1S/C20H22N2O5/c1-27-17(20(25)26)13-21-18(23)12-16(14-8-4-2-5-9-14)22-19(24)15-10-6-3-7-11-15/h2-11,16-17H,12-13H2,1H3,(H,21,23)(H,22,24)(H,25,26). The van der Waals surface area contributed by atoms with Crippen LogP contribution in [0.4, 0.5) is 0 Å². The number of ether oxygens (including phenoxy) is 1. The van der Waals surface area contributed by atoms with Crippen LogP contribution >= 0.6 is 0 Å². The van der Waals surface area contributed by atoms with Gasteiger partial charge in [0.2, 0.25) is 5.91 Å². The third-order valence-corrected chi connectivity index (χ3v) is 3.98. The maximum absolute atomic E-state index is 12.5. The Morgan fingerprint density at radius 3 is 2.15 bits per heavy atom. The Kier molecular flexibility index (Phi) is 7.51. The summed E-state index contributed by atoms with van der Waals surface area (Å²) in [4.78, 5) is 35.7. The summed E-state index contributed by atoms with van der Waals surface area (Å²) >= 11 is 0. The molecule has 2 rings (SSSR count). The maximum atomic E-state index is 12.5. The molecule has 0 bridgehead atoms. The summed E-state index contributed by atoms with van der Waals surface area (Å²) in [6.07, 6.45) is -1.15. The first-order valence-electron chi connectivity index (χ1n) is 8.44. The van der Waals surface area contributed by atoms with Crippen molar-refractivity contribution in [2.75, 3.05) is 13.7 Å². The average molecular weight is 370 g/mol. The molecule has 0 heterocycles. The summed E-state index contributed by atoms with van der Waals surface area (Å²) < 4.78 is 4.79. The number of aliphatic carboxylic acids is 1. The molecule has 0 fully saturated rings. The monoisotopic (exact) mass is 370 g/mol. The number of hydrogen-bond donors (Lipinski definition) is 3. The Labute approximate surface area is 157 Å². The van der Waals surface area contributed by atoms with Gasteiger partial charge in [0.15, 0.2) is 6.10 Å². The van der Waals surface area contributed by atoms with Crippen molar-refractivity contribution in [1.82, 2.24) is 10.6 Å². The second-order valence-corrected chi connectivity index (χ2v) is 5.87. The van der Waals surface area contributed by atoms with Crippen LogP contribution < -0.4 is 10.6 Å². The Hall–Kier alpha value is -3.19. The predicted octanol–water partition coefficient (Wildman–Crippen LogP) is 1.76. The number of carboxylic acids is 1. The van der Waals surface area contributed by atoms with Crippen molar-refractivity contribution in [3.8, 4) is 0 Å². The van der Waals surface area contributed by atoms with Crippen molar-refractivity contribution in [3.05, 3.63) is 71.8 Å². The Balaban J connectivity index is 2.06. The van der Waals surface area contributed by atoms with Crippen molar-refractivity contribution in [3.63, 3.8) is 0 Å². The first-order valence-corrected chi connectivity index (χ1v) is 8.44. The lowest BCUT2D eigenvalue weighted by molar-refractivity contribution is -0.148. The van der Waals surface area contributed by atoms with Crippen molar-refractivity contribution >= 4 is 17.8 Å². The highest BCUT2D eigenvalue weighted by Crippen LogP contribution is 2.17. The molecular formula is C20H22N2O5. The second kappa shape index (κ2) is 10.1. The Bertz CT molecular complexity index is 764. The molecule has 142 valence electrons. The summed E-state index contributed by atoms with van der Waals surface area (Å²) in [6.45, 7) is -0.154. The van der Waals surface area contributed by atoms with Crippen molar-refractivity contribution < 1.29 is 24.2 Å². The number of rotatable bonds is 9. The van der Waals surface area contributed by atoms with E-state index in [1.807, 2.05) is 36.4 Å². The van der Waals surface area contributed by atoms with Gasteiger partial charge >= 0.3 is 5.97 Å². The minimum Gasteiger partial charge on any atom is -0.479 e. The van der Waals surface area contributed by atoms with Crippen molar-refractivity contribution in [1.29, 1.82) is 0 Å². The minimum absolute atomic E-state index is 0.0291. The van der Waals surface area contributed by atoms with Gasteiger partial charge in [0.1, 0.15) is 0 Å². The molecule has 0 saturated heterocycles. The fraction of sp³-hybridized carbons (Fsp3) is 0.250. The highest BCUT2D eigenvalue weighted by atomic mass is 16.5. The fourth-order valence-corrected chi connectivity index (χ4v) is 2.50. The van der Waals surface area contributed by atoms with Crippen LogP contribution in [0.15, 0.2) is 60.7 Å². The molecule has 2 aromatic rings. The molecule has 0 saturated carbocycles. The molecule has 0 spiro atoms. The molecule has 2 unspecified atom stereocenters. The van der Waals surface area contributed by atoms with E-state index in [4.69, 9.17) is 9.84 Å². The van der Waals surface area contributed by atoms with Gasteiger partial charge in [-0.1, -0.05) is 48.5 Å². The number of carboxylic acid groups (broad SMARTS) is 1. The van der Waals surface area contributed by atoms with Crippen LogP contribution in [0.5, 0.6) is 0 Å². The highest BCUT2D eigenvalue weighted by Gasteiger charge is 2.21. The fourth-order valence-electron chi connectivity index (χ4n) is 2.50. The summed E-state index contributed by atoms with van der Waals surface area (Å²) in [5.41, 5.74) is 1.27. The lowest BCUT2D eigenvalue weighted by Crippen LogP contribution is -2.39. The molecule has 0 aliphatic heterocycles. The van der Waals surface area contributed by atoms with E-state index in [-0.39, 0.29) is 24.8 Å². The minimum atomic E-state index is -1.16. The van der Waals surface area contributed by atoms with E-state index < -0.39 is 18.1 Å². The smallest absolute Gasteiger partial charge is 0.334 e. The topological polar surface area (TPSA) is 105 Å². The van der Waals surface area contributed by atoms with Crippen LogP contribution in [-0.4, -0.2) is 42.6 Å². The molecule has 0 radical (unpaired) electrons. The number of carbonyl (C=O) groups is 3. The normalized spacial score (nSPS) is 12.6. The van der Waals surface area contributed by atoms with Gasteiger partial charge in [0.05, 0.1) is 19.0 Å². The molecular weight excluding hydrogens is 348 g/mol. The SMILES string of the molecule is COC(CNC(=O)CC(NC(=O)c1ccccc1)c1ccccc1)C(=O)O. The molecule has 7 heteroatoms. The molecule has 2 amide bonds. The first-order chi connectivity index (χ1) is 13.0. The zero-order chi connectivity index (χ0) is 19.6. The van der Waals surface area contributed by atoms with Crippen LogP contribution in [0.1, 0.15) is 28.4 Å². The number of hydrogen-bond acceptors (Lipinski definition) is 4. The summed E-state index contributed by atoms with van der Waals surface area (Å²) in [5, 5.41) is 14.3. The molecule has 2 aromatic carbocycles. The van der Waals surface area contributed by atoms with Gasteiger partial charge in [-0.05, 0) is 17.7 Å². The van der Waals surface area contributed by atoms with Gasteiger partial charge in [-0.15, -0.1) is 0 Å². The lowest BCUT2D eigenvalue weighted by atomic mass is 10.0. The van der Waals surface area contributed by atoms with Gasteiger partial charge in [-0.3, -0.25) is 9.59 Å². The van der Waals surface area contributed by atoms with E-state index in [1.54, 1.807) is 24.3 Å². The molecule has 3 N–H and O–H groups in total. The molecule has 2 atom stereocenters. The zero-order valence-electron chi connectivity index (χ0n) is 14.9. The zero-order valence-corrected chi connectivity index (χ0v) is 14.9. The van der Waals surface area contributed by atoms with Crippen LogP contribution in [0.3, 0.4) is 0 Å². The highest BCUT2D eigenvalue weighted by molar-refractivity contribution is 5.94. The Morgan fingerprint density at radius 1 is 1.00 bits per heavy atom. The van der Waals surface area contributed by atoms with E-state index >= 15 is 0 Å². The molecule has 0 aliphatic rings. The van der Waals surface area contributed by atoms with Gasteiger partial charge in [-0.2, -0.15) is 0 Å². The summed E-state index contributed by atoms with van der Waals surface area (Å²) in [5.74, 6) is -1.84. The molecule has 0 aromatic heterocycles. The van der Waals surface area contributed by atoms with Gasteiger partial charge < -0.3 is 20.5 Å².